The molecule has 3 aliphatic rings. The Kier molecular flexibility index (Phi) is 6.51. The van der Waals surface area contributed by atoms with Crippen molar-refractivity contribution in [2.24, 2.45) is 11.8 Å². The van der Waals surface area contributed by atoms with E-state index in [4.69, 9.17) is 4.74 Å². The molecular formula is C27H30F4N2O2. The van der Waals surface area contributed by atoms with Crippen molar-refractivity contribution in [2.45, 2.75) is 63.6 Å². The van der Waals surface area contributed by atoms with Crippen molar-refractivity contribution in [1.82, 2.24) is 10.2 Å². The molecule has 0 aromatic heterocycles. The van der Waals surface area contributed by atoms with Crippen molar-refractivity contribution in [3.05, 3.63) is 64.7 Å². The van der Waals surface area contributed by atoms with E-state index in [0.29, 0.717) is 37.2 Å². The molecule has 2 fully saturated rings. The summed E-state index contributed by atoms with van der Waals surface area (Å²) in [5.74, 6) is -3.27. The topological polar surface area (TPSA) is 41.6 Å². The van der Waals surface area contributed by atoms with Gasteiger partial charge in [0.2, 0.25) is 5.91 Å². The van der Waals surface area contributed by atoms with E-state index in [2.05, 4.69) is 5.32 Å². The van der Waals surface area contributed by atoms with Gasteiger partial charge in [-0.3, -0.25) is 9.69 Å². The number of carbonyl (C=O) groups is 1. The first-order valence-electron chi connectivity index (χ1n) is 12.2. The van der Waals surface area contributed by atoms with Crippen molar-refractivity contribution < 1.29 is 27.1 Å². The van der Waals surface area contributed by atoms with E-state index in [0.717, 1.165) is 16.7 Å². The van der Waals surface area contributed by atoms with Crippen LogP contribution in [0, 0.1) is 11.8 Å². The van der Waals surface area contributed by atoms with E-state index in [9.17, 15) is 22.4 Å². The molecule has 0 radical (unpaired) electrons. The molecule has 1 heterocycles. The highest BCUT2D eigenvalue weighted by molar-refractivity contribution is 5.80. The molecule has 0 saturated heterocycles. The third-order valence-corrected chi connectivity index (χ3v) is 7.37. The number of hydrogen-bond donors (Lipinski definition) is 1. The van der Waals surface area contributed by atoms with Crippen LogP contribution in [-0.4, -0.2) is 36.1 Å². The molecule has 2 aliphatic carbocycles. The second-order valence-corrected chi connectivity index (χ2v) is 10.2. The molecule has 8 heteroatoms. The predicted molar refractivity (Wildman–Crippen MR) is 124 cm³/mol. The summed E-state index contributed by atoms with van der Waals surface area (Å²) in [5, 5.41) is 2.95. The molecule has 5 rings (SSSR count). The van der Waals surface area contributed by atoms with Gasteiger partial charge in [-0.1, -0.05) is 30.3 Å². The van der Waals surface area contributed by atoms with E-state index in [-0.39, 0.29) is 37.4 Å². The fourth-order valence-electron chi connectivity index (χ4n) is 4.84. The lowest BCUT2D eigenvalue weighted by atomic mass is 9.82. The fraction of sp³-hybridized carbons (Fsp3) is 0.519. The van der Waals surface area contributed by atoms with Crippen LogP contribution in [0.5, 0.6) is 5.75 Å². The zero-order valence-corrected chi connectivity index (χ0v) is 19.7. The minimum absolute atomic E-state index is 0.0498. The van der Waals surface area contributed by atoms with Crippen LogP contribution < -0.4 is 10.1 Å². The Labute approximate surface area is 202 Å². The Morgan fingerprint density at radius 1 is 1.17 bits per heavy atom. The Bertz CT molecular complexity index is 1070. The average Bonchev–Trinajstić information content (AvgIpc) is 3.42. The number of benzene rings is 2. The molecule has 1 N–H and O–H groups in total. The Morgan fingerprint density at radius 3 is 2.54 bits per heavy atom. The second kappa shape index (κ2) is 9.45. The lowest BCUT2D eigenvalue weighted by Crippen LogP contribution is -2.40. The van der Waals surface area contributed by atoms with Crippen LogP contribution >= 0.6 is 0 Å². The van der Waals surface area contributed by atoms with Gasteiger partial charge in [-0.05, 0) is 54.2 Å². The normalized spacial score (nSPS) is 27.9. The van der Waals surface area contributed by atoms with Gasteiger partial charge in [0, 0.05) is 32.0 Å². The number of nitrogens with one attached hydrogen (secondary N) is 1. The average molecular weight is 491 g/mol. The van der Waals surface area contributed by atoms with Gasteiger partial charge in [-0.25, -0.2) is 17.6 Å². The van der Waals surface area contributed by atoms with Crippen LogP contribution in [0.25, 0.3) is 0 Å². The molecular weight excluding hydrogens is 460 g/mol. The monoisotopic (exact) mass is 490 g/mol. The van der Waals surface area contributed by atoms with E-state index >= 15 is 0 Å². The van der Waals surface area contributed by atoms with Crippen LogP contribution in [0.2, 0.25) is 0 Å². The summed E-state index contributed by atoms with van der Waals surface area (Å²) in [4.78, 5) is 14.2. The third-order valence-electron chi connectivity index (χ3n) is 7.37. The highest BCUT2D eigenvalue weighted by Gasteiger charge is 2.57. The van der Waals surface area contributed by atoms with Crippen molar-refractivity contribution in [2.75, 3.05) is 13.2 Å². The number of nitrogens with zero attached hydrogens (tertiary/aromatic N) is 1. The molecule has 0 bridgehead atoms. The highest BCUT2D eigenvalue weighted by Crippen LogP contribution is 2.48. The summed E-state index contributed by atoms with van der Waals surface area (Å²) in [5.41, 5.74) is 3.42. The third kappa shape index (κ3) is 5.47. The van der Waals surface area contributed by atoms with Gasteiger partial charge in [0.15, 0.2) is 0 Å². The summed E-state index contributed by atoms with van der Waals surface area (Å²) in [6, 6.07) is 12.9. The van der Waals surface area contributed by atoms with Crippen LogP contribution in [0.3, 0.4) is 0 Å². The Balaban J connectivity index is 1.14. The summed E-state index contributed by atoms with van der Waals surface area (Å²) in [7, 11) is 0. The van der Waals surface area contributed by atoms with Crippen molar-refractivity contribution >= 4 is 5.91 Å². The standard InChI is InChI=1S/C27H30F4N2O2/c1-16(32-26(34)20-8-22(28)9-20)18-4-2-17(3-5-18)12-33-13-19-6-7-23(10-24(19)25(29)14-33)35-15-21-11-27(21,30)31/h2-7,10,16,20-22,25H,8-9,11-15H2,1H3,(H,32,34)/t16-,20-,21?,22-,25?/m0/s1. The van der Waals surface area contributed by atoms with Crippen molar-refractivity contribution in [1.29, 1.82) is 0 Å². The van der Waals surface area contributed by atoms with Gasteiger partial charge in [0.05, 0.1) is 18.6 Å². The molecule has 2 saturated carbocycles. The predicted octanol–water partition coefficient (Wildman–Crippen LogP) is 5.67. The Hall–Kier alpha value is -2.61. The number of halogens is 4. The molecule has 1 aliphatic heterocycles. The van der Waals surface area contributed by atoms with Crippen LogP contribution in [0.1, 0.15) is 60.7 Å². The first-order chi connectivity index (χ1) is 16.7. The number of rotatable bonds is 8. The number of carbonyl (C=O) groups excluding carboxylic acids is 1. The molecule has 188 valence electrons. The van der Waals surface area contributed by atoms with Gasteiger partial charge in [-0.15, -0.1) is 0 Å². The largest absolute Gasteiger partial charge is 0.493 e. The van der Waals surface area contributed by atoms with E-state index in [1.54, 1.807) is 12.1 Å². The minimum Gasteiger partial charge on any atom is -0.493 e. The summed E-state index contributed by atoms with van der Waals surface area (Å²) in [6.45, 7) is 3.26. The molecule has 35 heavy (non-hydrogen) atoms. The molecule has 4 nitrogen and oxygen atoms in total. The summed E-state index contributed by atoms with van der Waals surface area (Å²) < 4.78 is 59.6. The van der Waals surface area contributed by atoms with Gasteiger partial charge in [-0.2, -0.15) is 0 Å². The van der Waals surface area contributed by atoms with Crippen LogP contribution in [0.15, 0.2) is 42.5 Å². The number of alkyl halides is 4. The highest BCUT2D eigenvalue weighted by atomic mass is 19.3. The zero-order valence-electron chi connectivity index (χ0n) is 19.7. The van der Waals surface area contributed by atoms with Gasteiger partial charge in [0.25, 0.3) is 5.92 Å². The first-order valence-corrected chi connectivity index (χ1v) is 12.2. The molecule has 2 aromatic carbocycles. The first kappa shape index (κ1) is 24.1. The number of fused-ring (bicyclic) bond motifs is 1. The van der Waals surface area contributed by atoms with Crippen molar-refractivity contribution in [3.63, 3.8) is 0 Å². The second-order valence-electron chi connectivity index (χ2n) is 10.2. The van der Waals surface area contributed by atoms with E-state index in [1.807, 2.05) is 42.2 Å². The van der Waals surface area contributed by atoms with Gasteiger partial charge in [0.1, 0.15) is 18.1 Å². The van der Waals surface area contributed by atoms with Crippen molar-refractivity contribution in [3.8, 4) is 5.75 Å². The van der Waals surface area contributed by atoms with E-state index < -0.39 is 24.2 Å². The van der Waals surface area contributed by atoms with Gasteiger partial charge < -0.3 is 10.1 Å². The molecule has 2 unspecified atom stereocenters. The Morgan fingerprint density at radius 2 is 1.89 bits per heavy atom. The molecule has 0 spiro atoms. The molecule has 2 aromatic rings. The van der Waals surface area contributed by atoms with Crippen LogP contribution in [-0.2, 0) is 17.9 Å². The minimum atomic E-state index is -2.63. The quantitative estimate of drug-likeness (QED) is 0.485. The fourth-order valence-corrected chi connectivity index (χ4v) is 4.84. The maximum Gasteiger partial charge on any atom is 0.255 e. The van der Waals surface area contributed by atoms with Crippen LogP contribution in [0.4, 0.5) is 17.6 Å². The van der Waals surface area contributed by atoms with E-state index in [1.165, 1.54) is 0 Å². The number of hydrogen-bond acceptors (Lipinski definition) is 3. The summed E-state index contributed by atoms with van der Waals surface area (Å²) >= 11 is 0. The molecule has 1 amide bonds. The van der Waals surface area contributed by atoms with Gasteiger partial charge >= 0.3 is 0 Å². The zero-order chi connectivity index (χ0) is 24.7. The maximum atomic E-state index is 15.0. The summed E-state index contributed by atoms with van der Waals surface area (Å²) in [6.07, 6.45) is -1.58. The SMILES string of the molecule is C[C@H](NC(=O)[C@H]1C[C@H](F)C1)c1ccc(CN2Cc3ccc(OCC4CC4(F)F)cc3C(F)C2)cc1. The molecule has 3 atom stereocenters. The lowest BCUT2D eigenvalue weighted by Gasteiger charge is -2.31. The maximum absolute atomic E-state index is 15.0. The smallest absolute Gasteiger partial charge is 0.255 e. The number of ether oxygens (including phenoxy) is 1. The lowest BCUT2D eigenvalue weighted by molar-refractivity contribution is -0.130. The number of amides is 1.